The third kappa shape index (κ3) is 2.89. The Balaban J connectivity index is 2.15. The van der Waals surface area contributed by atoms with E-state index in [0.717, 1.165) is 27.6 Å². The summed E-state index contributed by atoms with van der Waals surface area (Å²) in [6.07, 6.45) is 0.00936. The fourth-order valence-electron chi connectivity index (χ4n) is 1.82. The van der Waals surface area contributed by atoms with Crippen molar-refractivity contribution in [1.29, 1.82) is 0 Å². The van der Waals surface area contributed by atoms with E-state index in [1.807, 2.05) is 37.4 Å². The van der Waals surface area contributed by atoms with Gasteiger partial charge in [-0.1, -0.05) is 12.1 Å². The summed E-state index contributed by atoms with van der Waals surface area (Å²) in [5.74, 6) is 0.807. The molecule has 2 rings (SSSR count). The van der Waals surface area contributed by atoms with E-state index < -0.39 is 6.10 Å². The maximum Gasteiger partial charge on any atom is 0.122 e. The van der Waals surface area contributed by atoms with E-state index in [9.17, 15) is 5.11 Å². The van der Waals surface area contributed by atoms with Gasteiger partial charge in [0, 0.05) is 17.5 Å². The zero-order valence-electron chi connectivity index (χ0n) is 10.8. The Morgan fingerprint density at radius 1 is 1.39 bits per heavy atom. The molecule has 0 amide bonds. The van der Waals surface area contributed by atoms with Crippen molar-refractivity contribution >= 4 is 11.3 Å². The van der Waals surface area contributed by atoms with Crippen LogP contribution in [-0.4, -0.2) is 17.2 Å². The Bertz CT molecular complexity index is 536. The summed E-state index contributed by atoms with van der Waals surface area (Å²) < 4.78 is 5.27. The number of ether oxygens (including phenoxy) is 1. The fourth-order valence-corrected chi connectivity index (χ4v) is 2.63. The maximum absolute atomic E-state index is 10.2. The van der Waals surface area contributed by atoms with Crippen LogP contribution < -0.4 is 4.74 Å². The smallest absolute Gasteiger partial charge is 0.122 e. The molecule has 4 heteroatoms. The van der Waals surface area contributed by atoms with Crippen LogP contribution in [0.5, 0.6) is 5.75 Å². The number of hydrogen-bond donors (Lipinski definition) is 1. The second kappa shape index (κ2) is 5.50. The molecule has 0 saturated heterocycles. The average Bonchev–Trinajstić information content (AvgIpc) is 2.75. The molecule has 18 heavy (non-hydrogen) atoms. The van der Waals surface area contributed by atoms with Crippen molar-refractivity contribution < 1.29 is 9.84 Å². The van der Waals surface area contributed by atoms with Gasteiger partial charge in [-0.2, -0.15) is 0 Å². The first-order chi connectivity index (χ1) is 8.60. The summed E-state index contributed by atoms with van der Waals surface area (Å²) in [6, 6.07) is 5.79. The second-order valence-corrected chi connectivity index (χ2v) is 5.27. The fraction of sp³-hybridized carbons (Fsp3) is 0.357. The van der Waals surface area contributed by atoms with Crippen LogP contribution in [0, 0.1) is 13.8 Å². The molecule has 0 aliphatic rings. The molecule has 0 aliphatic carbocycles. The molecule has 1 aromatic carbocycles. The number of aryl methyl sites for hydroxylation is 2. The largest absolute Gasteiger partial charge is 0.496 e. The van der Waals surface area contributed by atoms with Gasteiger partial charge in [0.1, 0.15) is 5.75 Å². The highest BCUT2D eigenvalue weighted by Gasteiger charge is 2.12. The topological polar surface area (TPSA) is 42.4 Å². The number of aliphatic hydroxyl groups is 1. The van der Waals surface area contributed by atoms with Gasteiger partial charge in [-0.3, -0.25) is 0 Å². The Morgan fingerprint density at radius 3 is 2.78 bits per heavy atom. The minimum absolute atomic E-state index is 0.537. The number of benzene rings is 1. The number of rotatable bonds is 4. The first-order valence-corrected chi connectivity index (χ1v) is 6.71. The van der Waals surface area contributed by atoms with E-state index >= 15 is 0 Å². The van der Waals surface area contributed by atoms with Crippen LogP contribution in [0.3, 0.4) is 0 Å². The minimum atomic E-state index is -0.537. The lowest BCUT2D eigenvalue weighted by atomic mass is 10.0. The van der Waals surface area contributed by atoms with Gasteiger partial charge < -0.3 is 9.84 Å². The molecule has 1 atom stereocenters. The standard InChI is InChI=1S/C14H17NO2S/c1-9-4-5-11(6-13(9)17-3)12(16)7-14-15-10(2)8-18-14/h4-6,8,12,16H,7H2,1-3H3. The Morgan fingerprint density at radius 2 is 2.17 bits per heavy atom. The molecule has 1 unspecified atom stereocenters. The second-order valence-electron chi connectivity index (χ2n) is 4.33. The van der Waals surface area contributed by atoms with E-state index in [0.29, 0.717) is 6.42 Å². The predicted octanol–water partition coefficient (Wildman–Crippen LogP) is 3.04. The van der Waals surface area contributed by atoms with Crippen LogP contribution in [0.25, 0.3) is 0 Å². The van der Waals surface area contributed by atoms with E-state index in [4.69, 9.17) is 4.74 Å². The summed E-state index contributed by atoms with van der Waals surface area (Å²) in [7, 11) is 1.64. The van der Waals surface area contributed by atoms with Gasteiger partial charge in [0.15, 0.2) is 0 Å². The van der Waals surface area contributed by atoms with Crippen molar-refractivity contribution in [3.63, 3.8) is 0 Å². The highest BCUT2D eigenvalue weighted by Crippen LogP contribution is 2.26. The first-order valence-electron chi connectivity index (χ1n) is 5.83. The molecule has 0 bridgehead atoms. The minimum Gasteiger partial charge on any atom is -0.496 e. The van der Waals surface area contributed by atoms with Gasteiger partial charge in [-0.05, 0) is 31.0 Å². The molecule has 0 spiro atoms. The van der Waals surface area contributed by atoms with E-state index in [-0.39, 0.29) is 0 Å². The van der Waals surface area contributed by atoms with E-state index in [1.165, 1.54) is 0 Å². The molecule has 1 N–H and O–H groups in total. The molecule has 0 fully saturated rings. The van der Waals surface area contributed by atoms with Crippen molar-refractivity contribution in [2.75, 3.05) is 7.11 Å². The van der Waals surface area contributed by atoms with E-state index in [1.54, 1.807) is 18.4 Å². The molecular formula is C14H17NO2S. The van der Waals surface area contributed by atoms with Gasteiger partial charge in [0.25, 0.3) is 0 Å². The first kappa shape index (κ1) is 13.1. The monoisotopic (exact) mass is 263 g/mol. The summed E-state index contributed by atoms with van der Waals surface area (Å²) in [4.78, 5) is 4.36. The molecule has 0 saturated carbocycles. The molecule has 1 heterocycles. The van der Waals surface area contributed by atoms with Crippen LogP contribution >= 0.6 is 11.3 Å². The van der Waals surface area contributed by atoms with Crippen LogP contribution in [0.4, 0.5) is 0 Å². The van der Waals surface area contributed by atoms with Crippen molar-refractivity contribution in [3.05, 3.63) is 45.4 Å². The van der Waals surface area contributed by atoms with Crippen LogP contribution in [0.1, 0.15) is 27.9 Å². The zero-order valence-corrected chi connectivity index (χ0v) is 11.6. The highest BCUT2D eigenvalue weighted by molar-refractivity contribution is 7.09. The van der Waals surface area contributed by atoms with Gasteiger partial charge in [-0.15, -0.1) is 11.3 Å². The highest BCUT2D eigenvalue weighted by atomic mass is 32.1. The molecular weight excluding hydrogens is 246 g/mol. The quantitative estimate of drug-likeness (QED) is 0.922. The SMILES string of the molecule is COc1cc(C(O)Cc2nc(C)cs2)ccc1C. The number of nitrogens with zero attached hydrogens (tertiary/aromatic N) is 1. The van der Waals surface area contributed by atoms with Crippen molar-refractivity contribution in [2.45, 2.75) is 26.4 Å². The molecule has 1 aromatic heterocycles. The summed E-state index contributed by atoms with van der Waals surface area (Å²) >= 11 is 1.58. The Kier molecular flexibility index (Phi) is 3.99. The van der Waals surface area contributed by atoms with Gasteiger partial charge in [0.2, 0.25) is 0 Å². The maximum atomic E-state index is 10.2. The number of thiazole rings is 1. The lowest BCUT2D eigenvalue weighted by Gasteiger charge is -2.12. The zero-order chi connectivity index (χ0) is 13.1. The summed E-state index contributed by atoms with van der Waals surface area (Å²) in [6.45, 7) is 3.94. The van der Waals surface area contributed by atoms with Crippen LogP contribution in [0.15, 0.2) is 23.6 Å². The van der Waals surface area contributed by atoms with Crippen LogP contribution in [0.2, 0.25) is 0 Å². The number of methoxy groups -OCH3 is 1. The third-order valence-corrected chi connectivity index (χ3v) is 3.84. The van der Waals surface area contributed by atoms with Crippen LogP contribution in [-0.2, 0) is 6.42 Å². The lowest BCUT2D eigenvalue weighted by molar-refractivity contribution is 0.178. The van der Waals surface area contributed by atoms with Gasteiger partial charge in [0.05, 0.1) is 18.2 Å². The number of aromatic nitrogens is 1. The van der Waals surface area contributed by atoms with E-state index in [2.05, 4.69) is 4.98 Å². The normalized spacial score (nSPS) is 12.4. The molecule has 0 radical (unpaired) electrons. The molecule has 2 aromatic rings. The Hall–Kier alpha value is -1.39. The predicted molar refractivity (Wildman–Crippen MR) is 73.2 cm³/mol. The van der Waals surface area contributed by atoms with Gasteiger partial charge in [-0.25, -0.2) is 4.98 Å². The summed E-state index contributed by atoms with van der Waals surface area (Å²) in [5, 5.41) is 13.2. The molecule has 0 aliphatic heterocycles. The third-order valence-electron chi connectivity index (χ3n) is 2.85. The van der Waals surface area contributed by atoms with Gasteiger partial charge >= 0.3 is 0 Å². The lowest BCUT2D eigenvalue weighted by Crippen LogP contribution is -2.02. The average molecular weight is 263 g/mol. The van der Waals surface area contributed by atoms with Crippen molar-refractivity contribution in [3.8, 4) is 5.75 Å². The summed E-state index contributed by atoms with van der Waals surface area (Å²) in [5.41, 5.74) is 2.94. The number of hydrogen-bond acceptors (Lipinski definition) is 4. The number of aliphatic hydroxyl groups excluding tert-OH is 1. The van der Waals surface area contributed by atoms with Crippen molar-refractivity contribution in [2.24, 2.45) is 0 Å². The van der Waals surface area contributed by atoms with Crippen molar-refractivity contribution in [1.82, 2.24) is 4.98 Å². The Labute approximate surface area is 111 Å². The molecule has 3 nitrogen and oxygen atoms in total. The molecule has 96 valence electrons.